The minimum Gasteiger partial charge on any atom is -0.550 e. The molecule has 1 aromatic carbocycles. The van der Waals surface area contributed by atoms with E-state index in [9.17, 15) is 14.7 Å². The van der Waals surface area contributed by atoms with Crippen molar-refractivity contribution in [1.29, 1.82) is 0 Å². The smallest absolute Gasteiger partial charge is 0.365 e. The number of carbonyl (C=O) groups is 2. The van der Waals surface area contributed by atoms with Gasteiger partial charge in [0.05, 0.1) is 6.42 Å². The lowest BCUT2D eigenvalue weighted by Gasteiger charge is -2.09. The molecular formula is C11H13NO4. The van der Waals surface area contributed by atoms with Crippen LogP contribution in [0.3, 0.4) is 0 Å². The Kier molecular flexibility index (Phi) is 4.47. The Labute approximate surface area is 92.8 Å². The van der Waals surface area contributed by atoms with Gasteiger partial charge in [0.25, 0.3) is 0 Å². The van der Waals surface area contributed by atoms with Crippen LogP contribution < -0.4 is 10.8 Å². The van der Waals surface area contributed by atoms with Gasteiger partial charge in [0.1, 0.15) is 6.61 Å². The summed E-state index contributed by atoms with van der Waals surface area (Å²) in [4.78, 5) is 21.5. The van der Waals surface area contributed by atoms with Crippen LogP contribution in [0, 0.1) is 0 Å². The Balaban J connectivity index is 2.38. The Morgan fingerprint density at radius 1 is 1.31 bits per heavy atom. The summed E-state index contributed by atoms with van der Waals surface area (Å²) in [6.45, 7) is 0.124. The summed E-state index contributed by atoms with van der Waals surface area (Å²) in [7, 11) is 0. The monoisotopic (exact) mass is 223 g/mol. The highest BCUT2D eigenvalue weighted by molar-refractivity contribution is 5.79. The molecule has 1 atom stereocenters. The molecule has 86 valence electrons. The van der Waals surface area contributed by atoms with E-state index >= 15 is 0 Å². The largest absolute Gasteiger partial charge is 0.550 e. The molecule has 0 aliphatic heterocycles. The summed E-state index contributed by atoms with van der Waals surface area (Å²) < 4.78 is 4.90. The molecule has 0 fully saturated rings. The number of benzene rings is 1. The van der Waals surface area contributed by atoms with Crippen molar-refractivity contribution in [2.45, 2.75) is 19.1 Å². The van der Waals surface area contributed by atoms with Crippen molar-refractivity contribution in [1.82, 2.24) is 0 Å². The van der Waals surface area contributed by atoms with E-state index in [2.05, 4.69) is 5.73 Å². The Hall–Kier alpha value is -1.88. The highest BCUT2D eigenvalue weighted by atomic mass is 16.5. The first-order chi connectivity index (χ1) is 7.59. The molecule has 0 aliphatic carbocycles. The first-order valence-corrected chi connectivity index (χ1v) is 4.83. The summed E-state index contributed by atoms with van der Waals surface area (Å²) in [5.74, 6) is -1.94. The Bertz CT molecular complexity index is 364. The number of ether oxygens (including phenoxy) is 1. The Morgan fingerprint density at radius 2 is 1.94 bits per heavy atom. The van der Waals surface area contributed by atoms with Gasteiger partial charge in [-0.2, -0.15) is 0 Å². The van der Waals surface area contributed by atoms with Gasteiger partial charge in [-0.15, -0.1) is 0 Å². The van der Waals surface area contributed by atoms with Crippen molar-refractivity contribution in [2.24, 2.45) is 0 Å². The molecule has 0 spiro atoms. The van der Waals surface area contributed by atoms with Crippen LogP contribution in [0.2, 0.25) is 0 Å². The van der Waals surface area contributed by atoms with E-state index in [1.807, 2.05) is 30.3 Å². The van der Waals surface area contributed by atoms with Gasteiger partial charge in [-0.3, -0.25) is 0 Å². The molecule has 0 aliphatic rings. The van der Waals surface area contributed by atoms with E-state index in [0.29, 0.717) is 0 Å². The number of quaternary nitrogens is 1. The SMILES string of the molecule is [NH3+][C@H](CC(=O)[O-])C(=O)OCc1ccccc1. The lowest BCUT2D eigenvalue weighted by molar-refractivity contribution is -0.413. The molecule has 0 saturated heterocycles. The highest BCUT2D eigenvalue weighted by Crippen LogP contribution is 2.01. The third-order valence-electron chi connectivity index (χ3n) is 1.97. The minimum absolute atomic E-state index is 0.124. The lowest BCUT2D eigenvalue weighted by atomic mass is 10.2. The van der Waals surface area contributed by atoms with Crippen LogP contribution in [0.25, 0.3) is 0 Å². The predicted molar refractivity (Wildman–Crippen MR) is 52.5 cm³/mol. The molecule has 1 aromatic rings. The molecule has 0 unspecified atom stereocenters. The van der Waals surface area contributed by atoms with Gasteiger partial charge in [0, 0.05) is 5.97 Å². The summed E-state index contributed by atoms with van der Waals surface area (Å²) in [6.07, 6.45) is -0.423. The molecule has 0 heterocycles. The van der Waals surface area contributed by atoms with Gasteiger partial charge in [0.15, 0.2) is 6.04 Å². The highest BCUT2D eigenvalue weighted by Gasteiger charge is 2.18. The lowest BCUT2D eigenvalue weighted by Crippen LogP contribution is -2.66. The molecule has 5 heteroatoms. The average Bonchev–Trinajstić information content (AvgIpc) is 2.26. The van der Waals surface area contributed by atoms with Gasteiger partial charge in [0.2, 0.25) is 0 Å². The number of rotatable bonds is 5. The number of hydrogen-bond acceptors (Lipinski definition) is 4. The number of hydrogen-bond donors (Lipinski definition) is 1. The fourth-order valence-electron chi connectivity index (χ4n) is 1.13. The zero-order valence-corrected chi connectivity index (χ0v) is 8.72. The number of esters is 1. The van der Waals surface area contributed by atoms with Crippen molar-refractivity contribution < 1.29 is 25.2 Å². The molecule has 5 nitrogen and oxygen atoms in total. The molecule has 0 amide bonds. The summed E-state index contributed by atoms with van der Waals surface area (Å²) in [5.41, 5.74) is 4.24. The average molecular weight is 223 g/mol. The van der Waals surface area contributed by atoms with E-state index in [0.717, 1.165) is 5.56 Å². The van der Waals surface area contributed by atoms with Gasteiger partial charge >= 0.3 is 5.97 Å². The predicted octanol–water partition coefficient (Wildman–Crippen LogP) is -1.52. The van der Waals surface area contributed by atoms with E-state index in [1.165, 1.54) is 0 Å². The van der Waals surface area contributed by atoms with E-state index in [1.54, 1.807) is 0 Å². The second-order valence-corrected chi connectivity index (χ2v) is 3.37. The molecule has 0 aromatic heterocycles. The van der Waals surface area contributed by atoms with Gasteiger partial charge in [-0.25, -0.2) is 4.79 Å². The van der Waals surface area contributed by atoms with Crippen LogP contribution in [-0.4, -0.2) is 18.0 Å². The zero-order chi connectivity index (χ0) is 12.0. The number of carbonyl (C=O) groups excluding carboxylic acids is 2. The molecule has 0 radical (unpaired) electrons. The molecular weight excluding hydrogens is 210 g/mol. The second kappa shape index (κ2) is 5.87. The topological polar surface area (TPSA) is 94.1 Å². The molecule has 3 N–H and O–H groups in total. The number of carboxylic acid groups (broad SMARTS) is 1. The summed E-state index contributed by atoms with van der Waals surface area (Å²) in [5, 5.41) is 10.2. The zero-order valence-electron chi connectivity index (χ0n) is 8.72. The van der Waals surface area contributed by atoms with Gasteiger partial charge in [-0.05, 0) is 5.56 Å². The van der Waals surface area contributed by atoms with Crippen molar-refractivity contribution >= 4 is 11.9 Å². The quantitative estimate of drug-likeness (QED) is 0.613. The van der Waals surface area contributed by atoms with Gasteiger partial charge in [-0.1, -0.05) is 30.3 Å². The maximum atomic E-state index is 11.3. The third-order valence-corrected chi connectivity index (χ3v) is 1.97. The Morgan fingerprint density at radius 3 is 2.50 bits per heavy atom. The number of aliphatic carboxylic acids is 1. The first-order valence-electron chi connectivity index (χ1n) is 4.83. The van der Waals surface area contributed by atoms with Crippen molar-refractivity contribution in [3.8, 4) is 0 Å². The maximum absolute atomic E-state index is 11.3. The van der Waals surface area contributed by atoms with Crippen molar-refractivity contribution in [2.75, 3.05) is 0 Å². The molecule has 1 rings (SSSR count). The molecule has 0 saturated carbocycles. The van der Waals surface area contributed by atoms with Crippen LogP contribution in [0.1, 0.15) is 12.0 Å². The van der Waals surface area contributed by atoms with E-state index in [-0.39, 0.29) is 6.61 Å². The van der Waals surface area contributed by atoms with E-state index < -0.39 is 24.4 Å². The standard InChI is InChI=1S/C11H13NO4/c12-9(6-10(13)14)11(15)16-7-8-4-2-1-3-5-8/h1-5,9H,6-7,12H2,(H,13,14)/t9-/m1/s1. The fourth-order valence-corrected chi connectivity index (χ4v) is 1.13. The summed E-state index contributed by atoms with van der Waals surface area (Å²) >= 11 is 0. The van der Waals surface area contributed by atoms with Crippen LogP contribution in [-0.2, 0) is 20.9 Å². The van der Waals surface area contributed by atoms with E-state index in [4.69, 9.17) is 4.74 Å². The first kappa shape index (κ1) is 12.2. The van der Waals surface area contributed by atoms with Crippen molar-refractivity contribution in [3.05, 3.63) is 35.9 Å². The second-order valence-electron chi connectivity index (χ2n) is 3.37. The number of carboxylic acids is 1. The maximum Gasteiger partial charge on any atom is 0.365 e. The minimum atomic E-state index is -1.31. The summed E-state index contributed by atoms with van der Waals surface area (Å²) in [6, 6.07) is 8.20. The van der Waals surface area contributed by atoms with Crippen molar-refractivity contribution in [3.63, 3.8) is 0 Å². The van der Waals surface area contributed by atoms with Crippen LogP contribution in [0.4, 0.5) is 0 Å². The van der Waals surface area contributed by atoms with Crippen LogP contribution in [0.5, 0.6) is 0 Å². The van der Waals surface area contributed by atoms with Crippen LogP contribution in [0.15, 0.2) is 30.3 Å². The van der Waals surface area contributed by atoms with Crippen LogP contribution >= 0.6 is 0 Å². The third kappa shape index (κ3) is 4.10. The van der Waals surface area contributed by atoms with Gasteiger partial charge < -0.3 is 20.4 Å². The fraction of sp³-hybridized carbons (Fsp3) is 0.273. The molecule has 16 heavy (non-hydrogen) atoms. The molecule has 0 bridgehead atoms. The normalized spacial score (nSPS) is 11.8.